The quantitative estimate of drug-likeness (QED) is 0.225. The molecule has 2 N–H and O–H groups in total. The molecule has 0 aliphatic carbocycles. The summed E-state index contributed by atoms with van der Waals surface area (Å²) in [6.07, 6.45) is 1.81. The Hall–Kier alpha value is -3.20. The molecule has 214 valence electrons. The minimum atomic E-state index is -0.979. The second-order valence-corrected chi connectivity index (χ2v) is 10.9. The average Bonchev–Trinajstić information content (AvgIpc) is 2.87. The van der Waals surface area contributed by atoms with Gasteiger partial charge >= 0.3 is 6.09 Å². The number of aryl methyl sites for hydroxylation is 2. The van der Waals surface area contributed by atoms with Gasteiger partial charge in [0.2, 0.25) is 5.91 Å². The number of carbonyl (C=O) groups is 3. The number of nitrogens with one attached hydrogen (secondary N) is 2. The van der Waals surface area contributed by atoms with Crippen molar-refractivity contribution in [1.82, 2.24) is 10.2 Å². The summed E-state index contributed by atoms with van der Waals surface area (Å²) in [5, 5.41) is 5.61. The van der Waals surface area contributed by atoms with Gasteiger partial charge in [-0.2, -0.15) is 12.6 Å². The molecule has 0 fully saturated rings. The number of ether oxygens (including phenoxy) is 2. The zero-order valence-corrected chi connectivity index (χ0v) is 25.1. The molecule has 8 nitrogen and oxygen atoms in total. The van der Waals surface area contributed by atoms with Gasteiger partial charge in [0.1, 0.15) is 23.4 Å². The molecule has 0 saturated carbocycles. The highest BCUT2D eigenvalue weighted by Gasteiger charge is 2.36. The Labute approximate surface area is 238 Å². The van der Waals surface area contributed by atoms with Gasteiger partial charge in [0.25, 0.3) is 5.91 Å². The number of hydrogen-bond acceptors (Lipinski definition) is 6. The van der Waals surface area contributed by atoms with E-state index in [1.54, 1.807) is 57.0 Å². The molecule has 0 bridgehead atoms. The molecule has 3 amide bonds. The maximum Gasteiger partial charge on any atom is 0.408 e. The van der Waals surface area contributed by atoms with E-state index in [2.05, 4.69) is 30.2 Å². The van der Waals surface area contributed by atoms with Crippen LogP contribution in [0.1, 0.15) is 69.7 Å². The molecule has 9 heteroatoms. The molecular formula is C30H43N3O5S. The van der Waals surface area contributed by atoms with Crippen LogP contribution < -0.4 is 15.4 Å². The standard InChI is InChI=1S/C30H43N3O5S/c1-8-9-10-17-33(28(35)25(19-39)32-29(36)38-30(4,5)6)26(22-12-11-20(2)21(3)18-22)27(34)31-23-13-15-24(37-7)16-14-23/h11-16,18,25-26,39H,8-10,17,19H2,1-7H3,(H,31,34)(H,32,36). The first-order valence-corrected chi connectivity index (χ1v) is 14.0. The van der Waals surface area contributed by atoms with Crippen molar-refractivity contribution in [2.45, 2.75) is 78.5 Å². The van der Waals surface area contributed by atoms with E-state index in [9.17, 15) is 14.4 Å². The molecule has 0 radical (unpaired) electrons. The fourth-order valence-electron chi connectivity index (χ4n) is 4.03. The average molecular weight is 558 g/mol. The van der Waals surface area contributed by atoms with Crippen molar-refractivity contribution in [3.63, 3.8) is 0 Å². The molecule has 2 aromatic carbocycles. The van der Waals surface area contributed by atoms with Crippen LogP contribution in [0.3, 0.4) is 0 Å². The van der Waals surface area contributed by atoms with Gasteiger partial charge in [-0.15, -0.1) is 0 Å². The van der Waals surface area contributed by atoms with Gasteiger partial charge in [-0.3, -0.25) is 9.59 Å². The van der Waals surface area contributed by atoms with Gasteiger partial charge in [-0.1, -0.05) is 38.0 Å². The summed E-state index contributed by atoms with van der Waals surface area (Å²) in [4.78, 5) is 42.0. The number of methoxy groups -OCH3 is 1. The molecule has 2 unspecified atom stereocenters. The van der Waals surface area contributed by atoms with Gasteiger partial charge in [0.05, 0.1) is 7.11 Å². The summed E-state index contributed by atoms with van der Waals surface area (Å²) in [6.45, 7) is 11.6. The predicted octanol–water partition coefficient (Wildman–Crippen LogP) is 5.83. The van der Waals surface area contributed by atoms with Crippen LogP contribution in [-0.2, 0) is 14.3 Å². The lowest BCUT2D eigenvalue weighted by Crippen LogP contribution is -2.53. The maximum atomic E-state index is 14.0. The summed E-state index contributed by atoms with van der Waals surface area (Å²) in [7, 11) is 1.58. The SMILES string of the molecule is CCCCCN(C(=O)C(CS)NC(=O)OC(C)(C)C)C(C(=O)Nc1ccc(OC)cc1)c1ccc(C)c(C)c1. The molecule has 0 spiro atoms. The summed E-state index contributed by atoms with van der Waals surface area (Å²) >= 11 is 4.35. The first-order chi connectivity index (χ1) is 18.4. The Morgan fingerprint density at radius 1 is 1.00 bits per heavy atom. The van der Waals surface area contributed by atoms with E-state index >= 15 is 0 Å². The number of anilines is 1. The first-order valence-electron chi connectivity index (χ1n) is 13.3. The van der Waals surface area contributed by atoms with Crippen LogP contribution in [0.4, 0.5) is 10.5 Å². The minimum absolute atomic E-state index is 0.0437. The zero-order valence-electron chi connectivity index (χ0n) is 24.2. The summed E-state index contributed by atoms with van der Waals surface area (Å²) in [5.74, 6) is -0.0503. The Morgan fingerprint density at radius 2 is 1.67 bits per heavy atom. The van der Waals surface area contributed by atoms with Gasteiger partial charge in [-0.05, 0) is 82.0 Å². The highest BCUT2D eigenvalue weighted by Crippen LogP contribution is 2.27. The molecule has 0 heterocycles. The maximum absolute atomic E-state index is 14.0. The van der Waals surface area contributed by atoms with Crippen LogP contribution in [0, 0.1) is 13.8 Å². The Bertz CT molecular complexity index is 1110. The van der Waals surface area contributed by atoms with Crippen molar-refractivity contribution in [3.8, 4) is 5.75 Å². The summed E-state index contributed by atoms with van der Waals surface area (Å²) < 4.78 is 10.6. The van der Waals surface area contributed by atoms with E-state index < -0.39 is 29.7 Å². The molecule has 2 atom stereocenters. The number of unbranched alkanes of at least 4 members (excludes halogenated alkanes) is 2. The molecule has 2 aromatic rings. The molecule has 0 saturated heterocycles. The predicted molar refractivity (Wildman–Crippen MR) is 159 cm³/mol. The number of hydrogen-bond donors (Lipinski definition) is 3. The fourth-order valence-corrected chi connectivity index (χ4v) is 4.27. The highest BCUT2D eigenvalue weighted by molar-refractivity contribution is 7.80. The third-order valence-corrected chi connectivity index (χ3v) is 6.59. The van der Waals surface area contributed by atoms with E-state index in [0.717, 1.165) is 24.0 Å². The number of amides is 3. The molecule has 2 rings (SSSR count). The molecule has 39 heavy (non-hydrogen) atoms. The van der Waals surface area contributed by atoms with Crippen molar-refractivity contribution in [2.75, 3.05) is 24.7 Å². The van der Waals surface area contributed by atoms with Crippen LogP contribution >= 0.6 is 12.6 Å². The van der Waals surface area contributed by atoms with E-state index in [4.69, 9.17) is 9.47 Å². The normalized spacial score (nSPS) is 12.7. The van der Waals surface area contributed by atoms with Crippen molar-refractivity contribution >= 4 is 36.2 Å². The third-order valence-electron chi connectivity index (χ3n) is 6.22. The lowest BCUT2D eigenvalue weighted by Gasteiger charge is -2.34. The van der Waals surface area contributed by atoms with E-state index in [1.807, 2.05) is 32.0 Å². The Balaban J connectivity index is 2.50. The van der Waals surface area contributed by atoms with Crippen molar-refractivity contribution in [3.05, 3.63) is 59.2 Å². The number of nitrogens with zero attached hydrogens (tertiary/aromatic N) is 1. The highest BCUT2D eigenvalue weighted by atomic mass is 32.1. The molecule has 0 aromatic heterocycles. The monoisotopic (exact) mass is 557 g/mol. The lowest BCUT2D eigenvalue weighted by molar-refractivity contribution is -0.140. The van der Waals surface area contributed by atoms with E-state index in [1.165, 1.54) is 0 Å². The van der Waals surface area contributed by atoms with Gasteiger partial charge < -0.3 is 25.0 Å². The largest absolute Gasteiger partial charge is 0.497 e. The smallest absolute Gasteiger partial charge is 0.408 e. The minimum Gasteiger partial charge on any atom is -0.497 e. The molecular weight excluding hydrogens is 514 g/mol. The summed E-state index contributed by atoms with van der Waals surface area (Å²) in [6, 6.07) is 10.9. The van der Waals surface area contributed by atoms with Gasteiger partial charge in [-0.25, -0.2) is 4.79 Å². The van der Waals surface area contributed by atoms with Gasteiger partial charge in [0.15, 0.2) is 0 Å². The topological polar surface area (TPSA) is 97.0 Å². The fraction of sp³-hybridized carbons (Fsp3) is 0.500. The van der Waals surface area contributed by atoms with Crippen molar-refractivity contribution in [1.29, 1.82) is 0 Å². The number of benzene rings is 2. The zero-order chi connectivity index (χ0) is 29.2. The van der Waals surface area contributed by atoms with Crippen LogP contribution in [0.5, 0.6) is 5.75 Å². The second-order valence-electron chi connectivity index (χ2n) is 10.6. The van der Waals surface area contributed by atoms with Crippen molar-refractivity contribution < 1.29 is 23.9 Å². The van der Waals surface area contributed by atoms with Crippen LogP contribution in [-0.4, -0.2) is 53.9 Å². The Kier molecular flexibility index (Phi) is 12.2. The number of rotatable bonds is 12. The number of alkyl carbamates (subject to hydrolysis) is 1. The molecule has 0 aliphatic rings. The number of thiol groups is 1. The summed E-state index contributed by atoms with van der Waals surface area (Å²) in [5.41, 5.74) is 2.62. The van der Waals surface area contributed by atoms with E-state index in [0.29, 0.717) is 30.0 Å². The first kappa shape index (κ1) is 32.0. The van der Waals surface area contributed by atoms with E-state index in [-0.39, 0.29) is 11.7 Å². The third kappa shape index (κ3) is 9.80. The molecule has 0 aliphatic heterocycles. The second kappa shape index (κ2) is 14.8. The number of carbonyl (C=O) groups excluding carboxylic acids is 3. The van der Waals surface area contributed by atoms with Crippen LogP contribution in [0.2, 0.25) is 0 Å². The van der Waals surface area contributed by atoms with Crippen LogP contribution in [0.25, 0.3) is 0 Å². The lowest BCUT2D eigenvalue weighted by atomic mass is 9.98. The van der Waals surface area contributed by atoms with Crippen molar-refractivity contribution in [2.24, 2.45) is 0 Å². The van der Waals surface area contributed by atoms with Crippen LogP contribution in [0.15, 0.2) is 42.5 Å². The Morgan fingerprint density at radius 3 is 2.21 bits per heavy atom. The van der Waals surface area contributed by atoms with Gasteiger partial charge in [0, 0.05) is 18.0 Å².